The van der Waals surface area contributed by atoms with Crippen LogP contribution in [0.2, 0.25) is 0 Å². The predicted molar refractivity (Wildman–Crippen MR) is 126 cm³/mol. The standard InChI is InChI=1S/C20H30N4OS.HI/c1-4-21-20(23-16-19-7-5-14-26-19)22-15-17-8-10-18(11-9-17)25-13-6-12-24(2)3;/h5,7-11,14H,4,6,12-13,15-16H2,1-3H3,(H2,21,22,23);1H. The number of halogens is 1. The van der Waals surface area contributed by atoms with E-state index < -0.39 is 0 Å². The first-order chi connectivity index (χ1) is 12.7. The summed E-state index contributed by atoms with van der Waals surface area (Å²) in [6.45, 7) is 6.13. The number of guanidine groups is 1. The first kappa shape index (κ1) is 23.7. The van der Waals surface area contributed by atoms with Gasteiger partial charge in [-0.15, -0.1) is 35.3 Å². The normalized spacial score (nSPS) is 11.2. The third kappa shape index (κ3) is 9.97. The summed E-state index contributed by atoms with van der Waals surface area (Å²) in [6.07, 6.45) is 1.03. The molecule has 0 saturated carbocycles. The maximum absolute atomic E-state index is 5.77. The number of ether oxygens (including phenoxy) is 1. The summed E-state index contributed by atoms with van der Waals surface area (Å²) in [5, 5.41) is 8.74. The Hall–Kier alpha value is -1.32. The van der Waals surface area contributed by atoms with Gasteiger partial charge in [0.1, 0.15) is 5.75 Å². The van der Waals surface area contributed by atoms with Crippen molar-refractivity contribution in [1.29, 1.82) is 0 Å². The summed E-state index contributed by atoms with van der Waals surface area (Å²) >= 11 is 1.75. The molecule has 27 heavy (non-hydrogen) atoms. The van der Waals surface area contributed by atoms with Crippen LogP contribution in [0.25, 0.3) is 0 Å². The number of aliphatic imine (C=N–C) groups is 1. The van der Waals surface area contributed by atoms with E-state index in [1.54, 1.807) is 11.3 Å². The van der Waals surface area contributed by atoms with Gasteiger partial charge >= 0.3 is 0 Å². The molecule has 1 heterocycles. The second-order valence-corrected chi connectivity index (χ2v) is 7.31. The van der Waals surface area contributed by atoms with Crippen molar-refractivity contribution in [2.75, 3.05) is 33.8 Å². The highest BCUT2D eigenvalue weighted by atomic mass is 127. The van der Waals surface area contributed by atoms with Crippen molar-refractivity contribution in [1.82, 2.24) is 15.5 Å². The lowest BCUT2D eigenvalue weighted by Crippen LogP contribution is -2.36. The van der Waals surface area contributed by atoms with Crippen LogP contribution in [-0.4, -0.2) is 44.7 Å². The van der Waals surface area contributed by atoms with Gasteiger partial charge < -0.3 is 20.3 Å². The Balaban J connectivity index is 0.00000364. The van der Waals surface area contributed by atoms with E-state index in [2.05, 4.69) is 71.2 Å². The fraction of sp³-hybridized carbons (Fsp3) is 0.450. The Bertz CT molecular complexity index is 645. The zero-order valence-electron chi connectivity index (χ0n) is 16.4. The Morgan fingerprint density at radius 3 is 2.56 bits per heavy atom. The summed E-state index contributed by atoms with van der Waals surface area (Å²) in [6, 6.07) is 12.4. The molecule has 150 valence electrons. The van der Waals surface area contributed by atoms with E-state index in [0.717, 1.165) is 44.4 Å². The molecule has 0 atom stereocenters. The van der Waals surface area contributed by atoms with Gasteiger partial charge in [0.2, 0.25) is 0 Å². The first-order valence-electron chi connectivity index (χ1n) is 9.08. The zero-order valence-corrected chi connectivity index (χ0v) is 19.6. The quantitative estimate of drug-likeness (QED) is 0.224. The minimum absolute atomic E-state index is 0. The molecule has 0 spiro atoms. The second kappa shape index (κ2) is 13.8. The molecule has 0 aliphatic rings. The molecule has 2 aromatic rings. The van der Waals surface area contributed by atoms with Gasteiger partial charge in [-0.3, -0.25) is 0 Å². The number of benzene rings is 1. The SMILES string of the molecule is CCNC(=NCc1ccc(OCCCN(C)C)cc1)NCc1cccs1.I. The third-order valence-corrected chi connectivity index (χ3v) is 4.59. The number of hydrogen-bond acceptors (Lipinski definition) is 4. The number of hydrogen-bond donors (Lipinski definition) is 2. The van der Waals surface area contributed by atoms with Crippen molar-refractivity contribution in [2.45, 2.75) is 26.4 Å². The first-order valence-corrected chi connectivity index (χ1v) is 9.96. The molecule has 0 fully saturated rings. The molecule has 0 radical (unpaired) electrons. The van der Waals surface area contributed by atoms with Crippen molar-refractivity contribution in [3.63, 3.8) is 0 Å². The molecule has 5 nitrogen and oxygen atoms in total. The molecule has 2 N–H and O–H groups in total. The number of nitrogens with zero attached hydrogens (tertiary/aromatic N) is 2. The lowest BCUT2D eigenvalue weighted by molar-refractivity contribution is 0.281. The topological polar surface area (TPSA) is 48.9 Å². The Kier molecular flexibility index (Phi) is 12.1. The van der Waals surface area contributed by atoms with Crippen molar-refractivity contribution in [2.24, 2.45) is 4.99 Å². The molecule has 0 unspecified atom stereocenters. The van der Waals surface area contributed by atoms with E-state index in [1.807, 2.05) is 12.1 Å². The van der Waals surface area contributed by atoms with Crippen LogP contribution in [0.5, 0.6) is 5.75 Å². The number of rotatable bonds is 10. The van der Waals surface area contributed by atoms with E-state index in [0.29, 0.717) is 6.54 Å². The largest absolute Gasteiger partial charge is 0.494 e. The van der Waals surface area contributed by atoms with Crippen LogP contribution in [0, 0.1) is 0 Å². The van der Waals surface area contributed by atoms with Gasteiger partial charge in [0.15, 0.2) is 5.96 Å². The maximum Gasteiger partial charge on any atom is 0.191 e. The number of nitrogens with one attached hydrogen (secondary N) is 2. The van der Waals surface area contributed by atoms with Gasteiger partial charge in [-0.25, -0.2) is 4.99 Å². The van der Waals surface area contributed by atoms with E-state index in [9.17, 15) is 0 Å². The summed E-state index contributed by atoms with van der Waals surface area (Å²) in [4.78, 5) is 8.12. The Morgan fingerprint density at radius 2 is 1.93 bits per heavy atom. The van der Waals surface area contributed by atoms with Crippen LogP contribution in [-0.2, 0) is 13.1 Å². The lowest BCUT2D eigenvalue weighted by Gasteiger charge is -2.11. The van der Waals surface area contributed by atoms with E-state index >= 15 is 0 Å². The number of thiophene rings is 1. The molecule has 0 saturated heterocycles. The fourth-order valence-corrected chi connectivity index (χ4v) is 3.00. The average Bonchev–Trinajstić information content (AvgIpc) is 3.15. The van der Waals surface area contributed by atoms with Crippen molar-refractivity contribution in [3.05, 3.63) is 52.2 Å². The summed E-state index contributed by atoms with van der Waals surface area (Å²) in [5.41, 5.74) is 1.17. The lowest BCUT2D eigenvalue weighted by atomic mass is 10.2. The maximum atomic E-state index is 5.77. The van der Waals surface area contributed by atoms with Gasteiger partial charge in [0, 0.05) is 18.0 Å². The van der Waals surface area contributed by atoms with Gasteiger partial charge in [0.05, 0.1) is 19.7 Å². The summed E-state index contributed by atoms with van der Waals surface area (Å²) in [5.74, 6) is 1.75. The highest BCUT2D eigenvalue weighted by molar-refractivity contribution is 14.0. The molecule has 0 bridgehead atoms. The third-order valence-electron chi connectivity index (χ3n) is 3.72. The monoisotopic (exact) mass is 502 g/mol. The van der Waals surface area contributed by atoms with E-state index in [-0.39, 0.29) is 24.0 Å². The highest BCUT2D eigenvalue weighted by Gasteiger charge is 2.00. The molecule has 0 amide bonds. The summed E-state index contributed by atoms with van der Waals surface area (Å²) in [7, 11) is 4.15. The van der Waals surface area contributed by atoms with Crippen LogP contribution >= 0.6 is 35.3 Å². The highest BCUT2D eigenvalue weighted by Crippen LogP contribution is 2.13. The van der Waals surface area contributed by atoms with E-state index in [1.165, 1.54) is 10.4 Å². The zero-order chi connectivity index (χ0) is 18.6. The van der Waals surface area contributed by atoms with Crippen LogP contribution in [0.3, 0.4) is 0 Å². The van der Waals surface area contributed by atoms with Gasteiger partial charge in [-0.2, -0.15) is 0 Å². The molecule has 1 aromatic carbocycles. The molecule has 0 aliphatic carbocycles. The molecular formula is C20H31IN4OS. The summed E-state index contributed by atoms with van der Waals surface area (Å²) < 4.78 is 5.77. The van der Waals surface area contributed by atoms with Crippen molar-refractivity contribution < 1.29 is 4.74 Å². The Morgan fingerprint density at radius 1 is 1.15 bits per heavy atom. The van der Waals surface area contributed by atoms with Gasteiger partial charge in [0.25, 0.3) is 0 Å². The minimum Gasteiger partial charge on any atom is -0.494 e. The van der Waals surface area contributed by atoms with E-state index in [4.69, 9.17) is 4.74 Å². The average molecular weight is 502 g/mol. The molecular weight excluding hydrogens is 471 g/mol. The van der Waals surface area contributed by atoms with Crippen molar-refractivity contribution in [3.8, 4) is 5.75 Å². The predicted octanol–water partition coefficient (Wildman–Crippen LogP) is 3.95. The van der Waals surface area contributed by atoms with Crippen LogP contribution in [0.4, 0.5) is 0 Å². The second-order valence-electron chi connectivity index (χ2n) is 6.28. The Labute approximate surface area is 184 Å². The molecule has 7 heteroatoms. The van der Waals surface area contributed by atoms with Crippen molar-refractivity contribution >= 4 is 41.3 Å². The van der Waals surface area contributed by atoms with Gasteiger partial charge in [-0.05, 0) is 56.6 Å². The van der Waals surface area contributed by atoms with Crippen LogP contribution in [0.15, 0.2) is 46.8 Å². The smallest absolute Gasteiger partial charge is 0.191 e. The van der Waals surface area contributed by atoms with Crippen LogP contribution in [0.1, 0.15) is 23.8 Å². The molecule has 1 aromatic heterocycles. The fourth-order valence-electron chi connectivity index (χ4n) is 2.36. The van der Waals surface area contributed by atoms with Gasteiger partial charge in [-0.1, -0.05) is 18.2 Å². The van der Waals surface area contributed by atoms with Crippen LogP contribution < -0.4 is 15.4 Å². The minimum atomic E-state index is 0. The molecule has 2 rings (SSSR count). The molecule has 0 aliphatic heterocycles.